The molecule has 4 nitrogen and oxygen atoms in total. The highest BCUT2D eigenvalue weighted by atomic mass is 32.2. The number of sulfonamides is 1. The third kappa shape index (κ3) is 5.67. The first-order valence-electron chi connectivity index (χ1n) is 6.35. The second-order valence-electron chi connectivity index (χ2n) is 4.45. The zero-order valence-electron chi connectivity index (χ0n) is 11.4. The summed E-state index contributed by atoms with van der Waals surface area (Å²) in [5.41, 5.74) is 0.646. The Morgan fingerprint density at radius 3 is 2.68 bits per heavy atom. The minimum absolute atomic E-state index is 0.0544. The molecule has 1 aromatic rings. The van der Waals surface area contributed by atoms with Gasteiger partial charge in [-0.25, -0.2) is 17.1 Å². The second kappa shape index (κ2) is 7.57. The largest absolute Gasteiger partial charge is 0.316 e. The molecule has 0 heterocycles. The fourth-order valence-electron chi connectivity index (χ4n) is 1.65. The van der Waals surface area contributed by atoms with Crippen molar-refractivity contribution < 1.29 is 12.8 Å². The Labute approximate surface area is 114 Å². The van der Waals surface area contributed by atoms with Crippen molar-refractivity contribution in [2.24, 2.45) is 0 Å². The Hall–Kier alpha value is -0.980. The molecule has 0 aliphatic carbocycles. The second-order valence-corrected chi connectivity index (χ2v) is 6.65. The van der Waals surface area contributed by atoms with E-state index in [0.717, 1.165) is 13.0 Å². The quantitative estimate of drug-likeness (QED) is 0.739. The van der Waals surface area contributed by atoms with Gasteiger partial charge in [-0.15, -0.1) is 0 Å². The van der Waals surface area contributed by atoms with Crippen LogP contribution in [0.5, 0.6) is 0 Å². The highest BCUT2D eigenvalue weighted by Gasteiger charge is 2.17. The highest BCUT2D eigenvalue weighted by molar-refractivity contribution is 7.89. The van der Waals surface area contributed by atoms with Gasteiger partial charge in [0.2, 0.25) is 10.0 Å². The summed E-state index contributed by atoms with van der Waals surface area (Å²) in [6.45, 7) is 3.46. The van der Waals surface area contributed by atoms with Crippen molar-refractivity contribution in [3.8, 4) is 0 Å². The maximum Gasteiger partial charge on any atom is 0.215 e. The Morgan fingerprint density at radius 2 is 2.05 bits per heavy atom. The third-order valence-electron chi connectivity index (χ3n) is 2.73. The van der Waals surface area contributed by atoms with Crippen molar-refractivity contribution in [2.75, 3.05) is 25.9 Å². The van der Waals surface area contributed by atoms with E-state index in [1.165, 1.54) is 23.5 Å². The van der Waals surface area contributed by atoms with Crippen LogP contribution in [-0.2, 0) is 16.6 Å². The molecule has 0 aromatic heterocycles. The topological polar surface area (TPSA) is 49.4 Å². The van der Waals surface area contributed by atoms with E-state index in [4.69, 9.17) is 0 Å². The van der Waals surface area contributed by atoms with Gasteiger partial charge < -0.3 is 5.32 Å². The van der Waals surface area contributed by atoms with Gasteiger partial charge in [-0.1, -0.05) is 19.1 Å². The maximum atomic E-state index is 13.0. The monoisotopic (exact) mass is 288 g/mol. The van der Waals surface area contributed by atoms with Gasteiger partial charge in [0.15, 0.2) is 0 Å². The molecule has 0 atom stereocenters. The van der Waals surface area contributed by atoms with Crippen LogP contribution in [0.15, 0.2) is 24.3 Å². The van der Waals surface area contributed by atoms with Gasteiger partial charge in [0.1, 0.15) is 5.82 Å². The van der Waals surface area contributed by atoms with E-state index >= 15 is 0 Å². The minimum Gasteiger partial charge on any atom is -0.316 e. The van der Waals surface area contributed by atoms with Crippen molar-refractivity contribution in [3.05, 3.63) is 35.6 Å². The standard InChI is InChI=1S/C13H21FN2O2S/c1-3-7-15-8-9-19(17,18)16(2)11-12-5-4-6-13(14)10-12/h4-6,10,15H,3,7-9,11H2,1-2H3. The fourth-order valence-corrected chi connectivity index (χ4v) is 2.71. The van der Waals surface area contributed by atoms with Gasteiger partial charge in [-0.3, -0.25) is 0 Å². The van der Waals surface area contributed by atoms with Gasteiger partial charge in [0.05, 0.1) is 5.75 Å². The average molecular weight is 288 g/mol. The van der Waals surface area contributed by atoms with E-state index in [2.05, 4.69) is 5.32 Å². The van der Waals surface area contributed by atoms with Crippen molar-refractivity contribution in [1.82, 2.24) is 9.62 Å². The smallest absolute Gasteiger partial charge is 0.215 e. The number of hydrogen-bond donors (Lipinski definition) is 1. The molecule has 0 aliphatic heterocycles. The third-order valence-corrected chi connectivity index (χ3v) is 4.53. The fraction of sp³-hybridized carbons (Fsp3) is 0.538. The molecule has 0 fully saturated rings. The van der Waals surface area contributed by atoms with Crippen LogP contribution in [0.3, 0.4) is 0 Å². The predicted molar refractivity (Wildman–Crippen MR) is 74.8 cm³/mol. The van der Waals surface area contributed by atoms with Gasteiger partial charge in [0, 0.05) is 20.1 Å². The van der Waals surface area contributed by atoms with Crippen LogP contribution in [0, 0.1) is 5.82 Å². The number of rotatable bonds is 8. The van der Waals surface area contributed by atoms with Crippen molar-refractivity contribution in [1.29, 1.82) is 0 Å². The van der Waals surface area contributed by atoms with Crippen LogP contribution in [0.1, 0.15) is 18.9 Å². The molecule has 0 spiro atoms. The molecule has 108 valence electrons. The Bertz CT molecular complexity index is 491. The number of hydrogen-bond acceptors (Lipinski definition) is 3. The molecule has 0 amide bonds. The molecule has 0 saturated carbocycles. The Kier molecular flexibility index (Phi) is 6.41. The number of benzene rings is 1. The lowest BCUT2D eigenvalue weighted by atomic mass is 10.2. The maximum absolute atomic E-state index is 13.0. The first kappa shape index (κ1) is 16.1. The van der Waals surface area contributed by atoms with E-state index in [0.29, 0.717) is 12.1 Å². The molecule has 0 saturated heterocycles. The molecule has 6 heteroatoms. The van der Waals surface area contributed by atoms with Crippen molar-refractivity contribution in [3.63, 3.8) is 0 Å². The number of halogens is 1. The van der Waals surface area contributed by atoms with Gasteiger partial charge in [0.25, 0.3) is 0 Å². The zero-order valence-corrected chi connectivity index (χ0v) is 12.2. The van der Waals surface area contributed by atoms with Crippen LogP contribution in [0.2, 0.25) is 0 Å². The van der Waals surface area contributed by atoms with Gasteiger partial charge in [-0.05, 0) is 30.7 Å². The van der Waals surface area contributed by atoms with Gasteiger partial charge >= 0.3 is 0 Å². The number of nitrogens with zero attached hydrogens (tertiary/aromatic N) is 1. The van der Waals surface area contributed by atoms with Crippen LogP contribution < -0.4 is 5.32 Å². The van der Waals surface area contributed by atoms with Crippen LogP contribution in [-0.4, -0.2) is 38.6 Å². The first-order chi connectivity index (χ1) is 8.95. The van der Waals surface area contributed by atoms with E-state index in [9.17, 15) is 12.8 Å². The van der Waals surface area contributed by atoms with E-state index < -0.39 is 10.0 Å². The average Bonchev–Trinajstić information content (AvgIpc) is 2.34. The molecular weight excluding hydrogens is 267 g/mol. The summed E-state index contributed by atoms with van der Waals surface area (Å²) in [4.78, 5) is 0. The Balaban J connectivity index is 2.53. The lowest BCUT2D eigenvalue weighted by Crippen LogP contribution is -2.33. The molecule has 1 rings (SSSR count). The van der Waals surface area contributed by atoms with Crippen LogP contribution >= 0.6 is 0 Å². The van der Waals surface area contributed by atoms with E-state index in [-0.39, 0.29) is 18.1 Å². The van der Waals surface area contributed by atoms with Crippen molar-refractivity contribution >= 4 is 10.0 Å². The molecule has 0 bridgehead atoms. The molecule has 0 unspecified atom stereocenters. The summed E-state index contributed by atoms with van der Waals surface area (Å²) in [6, 6.07) is 5.98. The Morgan fingerprint density at radius 1 is 1.32 bits per heavy atom. The summed E-state index contributed by atoms with van der Waals surface area (Å²) in [5.74, 6) is -0.299. The highest BCUT2D eigenvalue weighted by Crippen LogP contribution is 2.09. The summed E-state index contributed by atoms with van der Waals surface area (Å²) in [5, 5.41) is 3.05. The van der Waals surface area contributed by atoms with E-state index in [1.54, 1.807) is 12.1 Å². The van der Waals surface area contributed by atoms with Crippen molar-refractivity contribution in [2.45, 2.75) is 19.9 Å². The summed E-state index contributed by atoms with van der Waals surface area (Å²) in [6.07, 6.45) is 0.971. The van der Waals surface area contributed by atoms with E-state index in [1.807, 2.05) is 6.92 Å². The SMILES string of the molecule is CCCNCCS(=O)(=O)N(C)Cc1cccc(F)c1. The molecule has 0 aliphatic rings. The molecule has 1 aromatic carbocycles. The summed E-state index contributed by atoms with van der Waals surface area (Å²) in [7, 11) is -1.79. The lowest BCUT2D eigenvalue weighted by Gasteiger charge is -2.17. The normalized spacial score (nSPS) is 12.0. The predicted octanol–water partition coefficient (Wildman–Crippen LogP) is 1.59. The molecule has 1 N–H and O–H groups in total. The summed E-state index contributed by atoms with van der Waals surface area (Å²) < 4.78 is 38.2. The van der Waals surface area contributed by atoms with Gasteiger partial charge in [-0.2, -0.15) is 0 Å². The molecule has 0 radical (unpaired) electrons. The lowest BCUT2D eigenvalue weighted by molar-refractivity contribution is 0.463. The van der Waals surface area contributed by atoms with Crippen LogP contribution in [0.4, 0.5) is 4.39 Å². The molecular formula is C13H21FN2O2S. The number of nitrogens with one attached hydrogen (secondary N) is 1. The van der Waals surface area contributed by atoms with Crippen LogP contribution in [0.25, 0.3) is 0 Å². The zero-order chi connectivity index (χ0) is 14.3. The minimum atomic E-state index is -3.30. The summed E-state index contributed by atoms with van der Waals surface area (Å²) >= 11 is 0. The molecule has 19 heavy (non-hydrogen) atoms. The first-order valence-corrected chi connectivity index (χ1v) is 7.96.